The minimum atomic E-state index is -4.53. The fourth-order valence-electron chi connectivity index (χ4n) is 3.96. The van der Waals surface area contributed by atoms with Gasteiger partial charge in [-0.15, -0.1) is 0 Å². The maximum Gasteiger partial charge on any atom is 0.418 e. The van der Waals surface area contributed by atoms with Gasteiger partial charge in [0.05, 0.1) is 16.8 Å². The van der Waals surface area contributed by atoms with E-state index < -0.39 is 17.6 Å². The van der Waals surface area contributed by atoms with E-state index in [9.17, 15) is 22.8 Å². The smallest absolute Gasteiger partial charge is 0.322 e. The number of benzene rings is 3. The van der Waals surface area contributed by atoms with E-state index in [1.54, 1.807) is 68.4 Å². The molecule has 0 atom stereocenters. The maximum atomic E-state index is 13.6. The molecule has 4 nitrogen and oxygen atoms in total. The number of halogens is 3. The summed E-state index contributed by atoms with van der Waals surface area (Å²) in [6.45, 7) is 3.25. The number of carbonyl (C=O) groups is 2. The predicted octanol–water partition coefficient (Wildman–Crippen LogP) is 6.60. The third-order valence-electron chi connectivity index (χ3n) is 5.54. The molecule has 0 saturated carbocycles. The predicted molar refractivity (Wildman–Crippen MR) is 125 cm³/mol. The Kier molecular flexibility index (Phi) is 6.11. The Morgan fingerprint density at radius 3 is 2.15 bits per heavy atom. The fraction of sp³-hybridized carbons (Fsp3) is 0.111. The summed E-state index contributed by atoms with van der Waals surface area (Å²) in [5.41, 5.74) is 1.64. The molecule has 0 aliphatic heterocycles. The van der Waals surface area contributed by atoms with Gasteiger partial charge in [-0.3, -0.25) is 9.59 Å². The van der Waals surface area contributed by atoms with E-state index in [-0.39, 0.29) is 17.0 Å². The highest BCUT2D eigenvalue weighted by Gasteiger charge is 2.34. The van der Waals surface area contributed by atoms with Gasteiger partial charge in [-0.1, -0.05) is 54.6 Å². The minimum Gasteiger partial charge on any atom is -0.322 e. The summed E-state index contributed by atoms with van der Waals surface area (Å²) in [4.78, 5) is 25.8. The van der Waals surface area contributed by atoms with Crippen molar-refractivity contribution in [1.82, 2.24) is 4.57 Å². The van der Waals surface area contributed by atoms with Crippen LogP contribution in [0.2, 0.25) is 0 Å². The Morgan fingerprint density at radius 2 is 1.44 bits per heavy atom. The molecule has 0 aliphatic carbocycles. The van der Waals surface area contributed by atoms with E-state index in [0.29, 0.717) is 28.2 Å². The van der Waals surface area contributed by atoms with Crippen LogP contribution in [0, 0.1) is 13.8 Å². The molecule has 0 aliphatic rings. The minimum absolute atomic E-state index is 0.0421. The standard InChI is InChI=1S/C27H21F3N2O2/c1-17-15-22(18(2)32(17)24-14-7-6-13-23(24)27(28,29)30)26(34)31-21-12-8-11-20(16-21)25(33)19-9-4-3-5-10-19/h3-16H,1-2H3,(H,31,34). The number of aryl methyl sites for hydroxylation is 1. The van der Waals surface area contributed by atoms with Gasteiger partial charge in [-0.2, -0.15) is 13.2 Å². The van der Waals surface area contributed by atoms with E-state index >= 15 is 0 Å². The normalized spacial score (nSPS) is 11.3. The van der Waals surface area contributed by atoms with E-state index in [2.05, 4.69) is 5.32 Å². The topological polar surface area (TPSA) is 51.1 Å². The molecule has 4 rings (SSSR count). The number of nitrogens with one attached hydrogen (secondary N) is 1. The molecule has 0 radical (unpaired) electrons. The molecule has 172 valence electrons. The van der Waals surface area contributed by atoms with Crippen molar-refractivity contribution in [3.05, 3.63) is 119 Å². The Hall–Kier alpha value is -4.13. The van der Waals surface area contributed by atoms with E-state index in [1.807, 2.05) is 6.07 Å². The Bertz CT molecular complexity index is 1370. The summed E-state index contributed by atoms with van der Waals surface area (Å²) in [5, 5.41) is 2.76. The third-order valence-corrected chi connectivity index (χ3v) is 5.54. The first kappa shape index (κ1) is 23.0. The number of amides is 1. The van der Waals surface area contributed by atoms with Crippen molar-refractivity contribution >= 4 is 17.4 Å². The quantitative estimate of drug-likeness (QED) is 0.340. The van der Waals surface area contributed by atoms with E-state index in [4.69, 9.17) is 0 Å². The molecule has 0 bridgehead atoms. The first-order valence-corrected chi connectivity index (χ1v) is 10.5. The summed E-state index contributed by atoms with van der Waals surface area (Å²) < 4.78 is 42.1. The van der Waals surface area contributed by atoms with Crippen LogP contribution in [-0.4, -0.2) is 16.3 Å². The lowest BCUT2D eigenvalue weighted by Gasteiger charge is -2.16. The van der Waals surface area contributed by atoms with Crippen molar-refractivity contribution in [2.24, 2.45) is 0 Å². The SMILES string of the molecule is Cc1cc(C(=O)Nc2cccc(C(=O)c3ccccc3)c2)c(C)n1-c1ccccc1C(F)(F)F. The van der Waals surface area contributed by atoms with Gasteiger partial charge in [0.15, 0.2) is 5.78 Å². The van der Waals surface area contributed by atoms with Gasteiger partial charge in [0.1, 0.15) is 0 Å². The van der Waals surface area contributed by atoms with Crippen LogP contribution in [0.25, 0.3) is 5.69 Å². The van der Waals surface area contributed by atoms with Gasteiger partial charge >= 0.3 is 6.18 Å². The second kappa shape index (κ2) is 9.02. The number of nitrogens with zero attached hydrogens (tertiary/aromatic N) is 1. The summed E-state index contributed by atoms with van der Waals surface area (Å²) in [5.74, 6) is -0.660. The highest BCUT2D eigenvalue weighted by Crippen LogP contribution is 2.35. The zero-order valence-electron chi connectivity index (χ0n) is 18.5. The van der Waals surface area contributed by atoms with Gasteiger partial charge in [0, 0.05) is 28.2 Å². The number of carbonyl (C=O) groups excluding carboxylic acids is 2. The summed E-state index contributed by atoms with van der Waals surface area (Å²) >= 11 is 0. The maximum absolute atomic E-state index is 13.6. The fourth-order valence-corrected chi connectivity index (χ4v) is 3.96. The van der Waals surface area contributed by atoms with E-state index in [1.165, 1.54) is 22.8 Å². The number of hydrogen-bond donors (Lipinski definition) is 1. The second-order valence-corrected chi connectivity index (χ2v) is 7.87. The Balaban J connectivity index is 1.64. The average Bonchev–Trinajstić information content (AvgIpc) is 3.12. The molecule has 7 heteroatoms. The van der Waals surface area contributed by atoms with Crippen LogP contribution in [-0.2, 0) is 6.18 Å². The van der Waals surface area contributed by atoms with Crippen LogP contribution in [0.1, 0.15) is 43.2 Å². The van der Waals surface area contributed by atoms with Crippen LogP contribution >= 0.6 is 0 Å². The molecule has 4 aromatic rings. The van der Waals surface area contributed by atoms with Crippen LogP contribution in [0.4, 0.5) is 18.9 Å². The molecule has 0 saturated heterocycles. The summed E-state index contributed by atoms with van der Waals surface area (Å²) in [6.07, 6.45) is -4.53. The van der Waals surface area contributed by atoms with Crippen molar-refractivity contribution in [3.8, 4) is 5.69 Å². The van der Waals surface area contributed by atoms with Crippen molar-refractivity contribution in [3.63, 3.8) is 0 Å². The van der Waals surface area contributed by atoms with Gasteiger partial charge in [-0.05, 0) is 44.2 Å². The lowest BCUT2D eigenvalue weighted by molar-refractivity contribution is -0.137. The number of rotatable bonds is 5. The second-order valence-electron chi connectivity index (χ2n) is 7.87. The molecule has 3 aromatic carbocycles. The van der Waals surface area contributed by atoms with Crippen molar-refractivity contribution in [2.75, 3.05) is 5.32 Å². The zero-order valence-corrected chi connectivity index (χ0v) is 18.5. The van der Waals surface area contributed by atoms with Crippen LogP contribution in [0.15, 0.2) is 84.9 Å². The van der Waals surface area contributed by atoms with Gasteiger partial charge in [0.2, 0.25) is 0 Å². The number of anilines is 1. The molecule has 1 amide bonds. The largest absolute Gasteiger partial charge is 0.418 e. The number of aromatic nitrogens is 1. The van der Waals surface area contributed by atoms with Crippen LogP contribution in [0.3, 0.4) is 0 Å². The Labute approximate surface area is 194 Å². The molecule has 1 aromatic heterocycles. The number of hydrogen-bond acceptors (Lipinski definition) is 2. The van der Waals surface area contributed by atoms with Crippen LogP contribution < -0.4 is 5.32 Å². The highest BCUT2D eigenvalue weighted by atomic mass is 19.4. The highest BCUT2D eigenvalue weighted by molar-refractivity contribution is 6.10. The van der Waals surface area contributed by atoms with Crippen molar-refractivity contribution < 1.29 is 22.8 Å². The molecule has 0 fully saturated rings. The van der Waals surface area contributed by atoms with Crippen molar-refractivity contribution in [1.29, 1.82) is 0 Å². The summed E-state index contributed by atoms with van der Waals surface area (Å²) in [6, 6.07) is 22.1. The zero-order chi connectivity index (χ0) is 24.5. The van der Waals surface area contributed by atoms with Gasteiger partial charge in [0.25, 0.3) is 5.91 Å². The first-order chi connectivity index (χ1) is 16.2. The number of ketones is 1. The Morgan fingerprint density at radius 1 is 0.794 bits per heavy atom. The van der Waals surface area contributed by atoms with Crippen LogP contribution in [0.5, 0.6) is 0 Å². The van der Waals surface area contributed by atoms with E-state index in [0.717, 1.165) is 6.07 Å². The van der Waals surface area contributed by atoms with Gasteiger partial charge < -0.3 is 9.88 Å². The molecule has 0 unspecified atom stereocenters. The molecule has 0 spiro atoms. The van der Waals surface area contributed by atoms with Gasteiger partial charge in [-0.25, -0.2) is 0 Å². The monoisotopic (exact) mass is 462 g/mol. The average molecular weight is 462 g/mol. The molecule has 1 heterocycles. The molecular weight excluding hydrogens is 441 g/mol. The summed E-state index contributed by atoms with van der Waals surface area (Å²) in [7, 11) is 0. The molecular formula is C27H21F3N2O2. The molecule has 1 N–H and O–H groups in total. The molecule has 34 heavy (non-hydrogen) atoms. The number of para-hydroxylation sites is 1. The lowest BCUT2D eigenvalue weighted by Crippen LogP contribution is -2.15. The van der Waals surface area contributed by atoms with Crippen molar-refractivity contribution in [2.45, 2.75) is 20.0 Å². The lowest BCUT2D eigenvalue weighted by atomic mass is 10.0. The number of alkyl halides is 3. The third kappa shape index (κ3) is 4.50. The first-order valence-electron chi connectivity index (χ1n) is 10.5.